The molecule has 1 aliphatic rings. The quantitative estimate of drug-likeness (QED) is 0.277. The van der Waals surface area contributed by atoms with E-state index in [1.807, 2.05) is 44.2 Å². The fourth-order valence-corrected chi connectivity index (χ4v) is 5.01. The summed E-state index contributed by atoms with van der Waals surface area (Å²) in [7, 11) is 5.85. The van der Waals surface area contributed by atoms with Crippen LogP contribution in [-0.4, -0.2) is 75.5 Å². The third-order valence-electron chi connectivity index (χ3n) is 6.86. The van der Waals surface area contributed by atoms with Gasteiger partial charge in [-0.1, -0.05) is 18.2 Å². The molecule has 2 heterocycles. The number of carbonyl (C=O) groups excluding carboxylic acids is 1. The predicted octanol–water partition coefficient (Wildman–Crippen LogP) is 3.58. The SMILES string of the molecule is COc1cccc(N(C)C)c1CN(c1nc(NCCNC(=O)NC(C)C)nc2ccccc12)C1CCNCC1. The molecule has 0 spiro atoms. The number of nitrogens with zero attached hydrogens (tertiary/aromatic N) is 4. The van der Waals surface area contributed by atoms with Gasteiger partial charge in [0.05, 0.1) is 19.2 Å². The van der Waals surface area contributed by atoms with Gasteiger partial charge in [-0.25, -0.2) is 9.78 Å². The smallest absolute Gasteiger partial charge is 0.315 e. The lowest BCUT2D eigenvalue weighted by molar-refractivity contribution is 0.239. The number of benzene rings is 2. The fraction of sp³-hybridized carbons (Fsp3) is 0.483. The Bertz CT molecular complexity index is 1240. The summed E-state index contributed by atoms with van der Waals surface area (Å²) >= 11 is 0. The molecule has 4 rings (SSSR count). The Morgan fingerprint density at radius 1 is 1.08 bits per heavy atom. The molecule has 0 radical (unpaired) electrons. The molecular weight excluding hydrogens is 492 g/mol. The Morgan fingerprint density at radius 3 is 2.56 bits per heavy atom. The molecule has 1 aliphatic heterocycles. The van der Waals surface area contributed by atoms with E-state index >= 15 is 0 Å². The number of hydrogen-bond donors (Lipinski definition) is 4. The molecule has 0 saturated carbocycles. The summed E-state index contributed by atoms with van der Waals surface area (Å²) in [6, 6.07) is 14.5. The van der Waals surface area contributed by atoms with E-state index in [2.05, 4.69) is 57.3 Å². The van der Waals surface area contributed by atoms with Crippen LogP contribution in [0.3, 0.4) is 0 Å². The first kappa shape index (κ1) is 28.2. The Kier molecular flexibility index (Phi) is 9.64. The number of hydrogen-bond acceptors (Lipinski definition) is 8. The third kappa shape index (κ3) is 7.20. The Hall–Kier alpha value is -3.79. The van der Waals surface area contributed by atoms with Gasteiger partial charge >= 0.3 is 6.03 Å². The van der Waals surface area contributed by atoms with Gasteiger partial charge < -0.3 is 35.8 Å². The van der Waals surface area contributed by atoms with Crippen LogP contribution in [0.15, 0.2) is 42.5 Å². The number of nitrogens with one attached hydrogen (secondary N) is 4. The molecule has 39 heavy (non-hydrogen) atoms. The second-order valence-electron chi connectivity index (χ2n) is 10.3. The lowest BCUT2D eigenvalue weighted by Crippen LogP contribution is -2.43. The maximum absolute atomic E-state index is 12.0. The van der Waals surface area contributed by atoms with Gasteiger partial charge in [-0.3, -0.25) is 0 Å². The normalized spacial score (nSPS) is 13.8. The number of rotatable bonds is 11. The van der Waals surface area contributed by atoms with E-state index < -0.39 is 0 Å². The van der Waals surface area contributed by atoms with E-state index in [0.29, 0.717) is 31.6 Å². The van der Waals surface area contributed by atoms with Crippen molar-refractivity contribution in [1.82, 2.24) is 25.9 Å². The molecule has 10 heteroatoms. The zero-order valence-electron chi connectivity index (χ0n) is 23.8. The minimum absolute atomic E-state index is 0.0848. The highest BCUT2D eigenvalue weighted by Crippen LogP contribution is 2.35. The molecule has 210 valence electrons. The monoisotopic (exact) mass is 534 g/mol. The standard InChI is InChI=1S/C29H42N8O2/c1-20(2)33-29(38)32-18-17-31-28-34-24-10-7-6-9-22(24)27(35-28)37(21-13-15-30-16-14-21)19-23-25(36(3)4)11-8-12-26(23)39-5/h6-12,20-21,30H,13-19H2,1-5H3,(H,31,34,35)(H2,32,33,38). The summed E-state index contributed by atoms with van der Waals surface area (Å²) in [6.45, 7) is 7.41. The van der Waals surface area contributed by atoms with Crippen LogP contribution in [0, 0.1) is 0 Å². The number of para-hydroxylation sites is 1. The number of ether oxygens (including phenoxy) is 1. The molecule has 1 saturated heterocycles. The number of urea groups is 1. The van der Waals surface area contributed by atoms with Gasteiger partial charge in [0.1, 0.15) is 11.6 Å². The fourth-order valence-electron chi connectivity index (χ4n) is 5.01. The van der Waals surface area contributed by atoms with Crippen molar-refractivity contribution in [2.24, 2.45) is 0 Å². The van der Waals surface area contributed by atoms with Gasteiger partial charge in [0.2, 0.25) is 5.95 Å². The van der Waals surface area contributed by atoms with Gasteiger partial charge in [-0.2, -0.15) is 4.98 Å². The molecule has 1 aromatic heterocycles. The molecular formula is C29H42N8O2. The number of methoxy groups -OCH3 is 1. The minimum atomic E-state index is -0.183. The van der Waals surface area contributed by atoms with Crippen molar-refractivity contribution >= 4 is 34.4 Å². The van der Waals surface area contributed by atoms with Gasteiger partial charge in [0, 0.05) is 55.9 Å². The Balaban J connectivity index is 1.69. The van der Waals surface area contributed by atoms with Crippen LogP contribution in [0.4, 0.5) is 22.2 Å². The molecule has 0 atom stereocenters. The zero-order valence-corrected chi connectivity index (χ0v) is 23.8. The average Bonchev–Trinajstić information content (AvgIpc) is 2.93. The van der Waals surface area contributed by atoms with Crippen LogP contribution in [0.1, 0.15) is 32.3 Å². The van der Waals surface area contributed by atoms with Gasteiger partial charge in [-0.15, -0.1) is 0 Å². The Morgan fingerprint density at radius 2 is 1.85 bits per heavy atom. The summed E-state index contributed by atoms with van der Waals surface area (Å²) in [5.74, 6) is 2.31. The first-order valence-corrected chi connectivity index (χ1v) is 13.7. The third-order valence-corrected chi connectivity index (χ3v) is 6.86. The largest absolute Gasteiger partial charge is 0.496 e. The predicted molar refractivity (Wildman–Crippen MR) is 159 cm³/mol. The molecule has 2 aromatic carbocycles. The maximum Gasteiger partial charge on any atom is 0.315 e. The van der Waals surface area contributed by atoms with Crippen molar-refractivity contribution in [3.8, 4) is 5.75 Å². The molecule has 3 aromatic rings. The van der Waals surface area contributed by atoms with Gasteiger partial charge in [-0.05, 0) is 64.0 Å². The number of aromatic nitrogens is 2. The van der Waals surface area contributed by atoms with E-state index in [1.165, 1.54) is 0 Å². The van der Waals surface area contributed by atoms with Crippen LogP contribution >= 0.6 is 0 Å². The highest BCUT2D eigenvalue weighted by molar-refractivity contribution is 5.90. The molecule has 10 nitrogen and oxygen atoms in total. The maximum atomic E-state index is 12.0. The highest BCUT2D eigenvalue weighted by Gasteiger charge is 2.27. The van der Waals surface area contributed by atoms with E-state index in [4.69, 9.17) is 14.7 Å². The summed E-state index contributed by atoms with van der Waals surface area (Å²) in [5, 5.41) is 13.5. The summed E-state index contributed by atoms with van der Waals surface area (Å²) < 4.78 is 5.83. The summed E-state index contributed by atoms with van der Waals surface area (Å²) in [5.41, 5.74) is 3.12. The first-order chi connectivity index (χ1) is 18.9. The van der Waals surface area contributed by atoms with E-state index in [-0.39, 0.29) is 12.1 Å². The molecule has 0 bridgehead atoms. The van der Waals surface area contributed by atoms with Crippen molar-refractivity contribution in [2.45, 2.75) is 45.3 Å². The zero-order chi connectivity index (χ0) is 27.8. The lowest BCUT2D eigenvalue weighted by atomic mass is 10.0. The highest BCUT2D eigenvalue weighted by atomic mass is 16.5. The molecule has 4 N–H and O–H groups in total. The van der Waals surface area contributed by atoms with Crippen LogP contribution in [-0.2, 0) is 6.54 Å². The van der Waals surface area contributed by atoms with Crippen LogP contribution in [0.2, 0.25) is 0 Å². The molecule has 1 fully saturated rings. The van der Waals surface area contributed by atoms with Crippen molar-refractivity contribution in [3.05, 3.63) is 48.0 Å². The van der Waals surface area contributed by atoms with Crippen LogP contribution in [0.25, 0.3) is 10.9 Å². The first-order valence-electron chi connectivity index (χ1n) is 13.7. The average molecular weight is 535 g/mol. The van der Waals surface area contributed by atoms with Crippen molar-refractivity contribution in [2.75, 3.05) is 62.5 Å². The second-order valence-corrected chi connectivity index (χ2v) is 10.3. The summed E-state index contributed by atoms with van der Waals surface area (Å²) in [4.78, 5) is 26.4. The van der Waals surface area contributed by atoms with E-state index in [9.17, 15) is 4.79 Å². The van der Waals surface area contributed by atoms with E-state index in [1.54, 1.807) is 7.11 Å². The van der Waals surface area contributed by atoms with Crippen LogP contribution in [0.5, 0.6) is 5.75 Å². The topological polar surface area (TPSA) is 107 Å². The van der Waals surface area contributed by atoms with Crippen molar-refractivity contribution < 1.29 is 9.53 Å². The molecule has 2 amide bonds. The van der Waals surface area contributed by atoms with Crippen molar-refractivity contribution in [3.63, 3.8) is 0 Å². The number of carbonyl (C=O) groups is 1. The van der Waals surface area contributed by atoms with Crippen molar-refractivity contribution in [1.29, 1.82) is 0 Å². The summed E-state index contributed by atoms with van der Waals surface area (Å²) in [6.07, 6.45) is 2.03. The van der Waals surface area contributed by atoms with E-state index in [0.717, 1.165) is 59.7 Å². The number of piperidine rings is 1. The number of amides is 2. The second kappa shape index (κ2) is 13.3. The van der Waals surface area contributed by atoms with Crippen LogP contribution < -0.4 is 35.8 Å². The molecule has 0 aliphatic carbocycles. The number of fused-ring (bicyclic) bond motifs is 1. The molecule has 0 unspecified atom stereocenters. The van der Waals surface area contributed by atoms with Gasteiger partial charge in [0.15, 0.2) is 0 Å². The lowest BCUT2D eigenvalue weighted by Gasteiger charge is -2.37. The minimum Gasteiger partial charge on any atom is -0.496 e. The number of anilines is 3. The Labute approximate surface area is 231 Å². The van der Waals surface area contributed by atoms with Gasteiger partial charge in [0.25, 0.3) is 0 Å².